The maximum atomic E-state index is 14.4. The largest absolute Gasteiger partial charge is 0.460 e. The number of amides is 1. The number of aryl methyl sites for hydroxylation is 1. The molecule has 360 valence electrons. The zero-order chi connectivity index (χ0) is 50.3. The molecule has 0 radical (unpaired) electrons. The fourth-order valence-corrected chi connectivity index (χ4v) is 4.46. The van der Waals surface area contributed by atoms with E-state index in [2.05, 4.69) is 4.99 Å². The summed E-state index contributed by atoms with van der Waals surface area (Å²) < 4.78 is 427. The highest BCUT2D eigenvalue weighted by Gasteiger charge is 3.01. The Hall–Kier alpha value is -4.10. The average Bonchev–Trinajstić information content (AvgIpc) is 3.06. The molecule has 0 aliphatic rings. The maximum absolute atomic E-state index is 14.4. The number of hydrogen-bond donors (Lipinski definition) is 1. The summed E-state index contributed by atoms with van der Waals surface area (Å²) in [5, 5.41) is 1.23. The number of rotatable bonds is 18. The number of benzene rings is 1. The summed E-state index contributed by atoms with van der Waals surface area (Å²) >= 11 is 0. The minimum absolute atomic E-state index is 0.0344. The lowest BCUT2D eigenvalue weighted by Crippen LogP contribution is -2.79. The van der Waals surface area contributed by atoms with Crippen molar-refractivity contribution >= 4 is 17.7 Å². The first-order valence-electron chi connectivity index (χ1n) is 14.6. The summed E-state index contributed by atoms with van der Waals surface area (Å²) in [5.74, 6) is -134. The molecule has 1 aromatic rings. The van der Waals surface area contributed by atoms with Crippen LogP contribution in [-0.2, 0) is 4.79 Å². The van der Waals surface area contributed by atoms with E-state index in [1.807, 2.05) is 0 Å². The van der Waals surface area contributed by atoms with Crippen molar-refractivity contribution in [2.24, 2.45) is 4.99 Å². The molecule has 1 N–H and O–H groups in total. The molecule has 0 spiro atoms. The van der Waals surface area contributed by atoms with Gasteiger partial charge >= 0.3 is 89.1 Å². The number of carbonyl (C=O) groups excluding carboxylic acids is 2. The summed E-state index contributed by atoms with van der Waals surface area (Å²) in [4.78, 5) is 25.6. The summed E-state index contributed by atoms with van der Waals surface area (Å²) in [7, 11) is 0. The lowest BCUT2D eigenvalue weighted by Gasteiger charge is -2.46. The molecule has 0 bridgehead atoms. The van der Waals surface area contributed by atoms with Crippen molar-refractivity contribution in [3.05, 3.63) is 29.3 Å². The van der Waals surface area contributed by atoms with E-state index in [0.29, 0.717) is 6.07 Å². The first-order chi connectivity index (χ1) is 26.7. The summed E-state index contributed by atoms with van der Waals surface area (Å²) in [5.41, 5.74) is -1.29. The highest BCUT2D eigenvalue weighted by molar-refractivity contribution is 5.95. The third kappa shape index (κ3) is 7.50. The smallest absolute Gasteiger partial charge is 0.349 e. The van der Waals surface area contributed by atoms with Gasteiger partial charge in [-0.15, -0.1) is 0 Å². The number of hydrogen-bond acceptors (Lipinski definition) is 3. The molecule has 1 aromatic carbocycles. The van der Waals surface area contributed by atoms with E-state index in [-0.39, 0.29) is 12.5 Å². The van der Waals surface area contributed by atoms with Gasteiger partial charge in [-0.2, -0.15) is 141 Å². The Morgan fingerprint density at radius 3 is 1.03 bits per heavy atom. The molecule has 0 heterocycles. The van der Waals surface area contributed by atoms with Crippen LogP contribution in [0.1, 0.15) is 29.3 Å². The van der Waals surface area contributed by atoms with E-state index in [4.69, 9.17) is 0 Å². The summed E-state index contributed by atoms with van der Waals surface area (Å²) in [6.45, 7) is 1.18. The van der Waals surface area contributed by atoms with Crippen LogP contribution in [0.15, 0.2) is 23.2 Å². The topological polar surface area (TPSA) is 58.5 Å². The van der Waals surface area contributed by atoms with E-state index in [9.17, 15) is 146 Å². The van der Waals surface area contributed by atoms with Crippen molar-refractivity contribution in [2.75, 3.05) is 0 Å². The Morgan fingerprint density at radius 2 is 0.758 bits per heavy atom. The number of aliphatic imine (C=N–C) groups is 1. The third-order valence-electron chi connectivity index (χ3n) is 7.99. The van der Waals surface area contributed by atoms with Gasteiger partial charge in [-0.05, 0) is 37.6 Å². The monoisotopic (exact) mass is 986 g/mol. The Kier molecular flexibility index (Phi) is 13.8. The second kappa shape index (κ2) is 15.3. The minimum Gasteiger partial charge on any atom is -0.349 e. The van der Waals surface area contributed by atoms with Crippen LogP contribution in [0.25, 0.3) is 0 Å². The highest BCUT2D eigenvalue weighted by Crippen LogP contribution is 2.69. The van der Waals surface area contributed by atoms with Crippen molar-refractivity contribution < 1.29 is 146 Å². The van der Waals surface area contributed by atoms with Crippen LogP contribution in [-0.4, -0.2) is 107 Å². The fourth-order valence-electron chi connectivity index (χ4n) is 4.46. The molecule has 0 saturated carbocycles. The number of alkyl halides is 31. The van der Waals surface area contributed by atoms with Gasteiger partial charge in [-0.3, -0.25) is 4.79 Å². The molecule has 0 aliphatic heterocycles. The standard InChI is InChI=1S/C27H13F31N2O2/c1-8-3-10(5-11(4-8)59-7-61)12(62)60-9(2)6-13(28,29)14(30,31)15(32,33)16(34,35)17(36,37)18(38,39)19(40,41)20(42,43)21(44,45)22(46,47)23(48,49)24(50,51)25(52,53)26(54,55)27(56,57)58/h3-5,9H,6H2,1-2H3,(H,60,62). The van der Waals surface area contributed by atoms with E-state index in [1.165, 1.54) is 5.32 Å². The summed E-state index contributed by atoms with van der Waals surface area (Å²) in [6, 6.07) is -0.504. The second-order valence-corrected chi connectivity index (χ2v) is 12.5. The summed E-state index contributed by atoms with van der Waals surface area (Å²) in [6.07, 6.45) is -10.7. The molecule has 35 heteroatoms. The number of nitrogens with zero attached hydrogens (tertiary/aromatic N) is 1. The molecule has 1 rings (SSSR count). The molecule has 0 aliphatic carbocycles. The lowest BCUT2D eigenvalue weighted by atomic mass is 9.82. The van der Waals surface area contributed by atoms with Gasteiger partial charge in [0.2, 0.25) is 6.08 Å². The zero-order valence-electron chi connectivity index (χ0n) is 28.5. The average molecular weight is 986 g/mol. The number of halogens is 31. The van der Waals surface area contributed by atoms with Crippen molar-refractivity contribution in [3.63, 3.8) is 0 Å². The molecule has 0 saturated heterocycles. The molecule has 1 atom stereocenters. The molecule has 0 aromatic heterocycles. The quantitative estimate of drug-likeness (QED) is 0.0905. The minimum atomic E-state index is -10.1. The van der Waals surface area contributed by atoms with Gasteiger partial charge in [0, 0.05) is 18.0 Å². The number of carbonyl (C=O) groups is 1. The molecular formula is C27H13F31N2O2. The Bertz CT molecular complexity index is 1880. The Labute approximate surface area is 319 Å². The van der Waals surface area contributed by atoms with Crippen LogP contribution < -0.4 is 5.32 Å². The predicted octanol–water partition coefficient (Wildman–Crippen LogP) is 11.9. The Morgan fingerprint density at radius 1 is 0.484 bits per heavy atom. The van der Waals surface area contributed by atoms with Crippen molar-refractivity contribution in [1.82, 2.24) is 5.32 Å². The highest BCUT2D eigenvalue weighted by atomic mass is 19.4. The van der Waals surface area contributed by atoms with Gasteiger partial charge in [0.1, 0.15) is 0 Å². The van der Waals surface area contributed by atoms with Crippen LogP contribution in [0.2, 0.25) is 0 Å². The molecule has 62 heavy (non-hydrogen) atoms. The lowest BCUT2D eigenvalue weighted by molar-refractivity contribution is -0.489. The van der Waals surface area contributed by atoms with Gasteiger partial charge in [-0.1, -0.05) is 0 Å². The number of isocyanates is 1. The molecular weight excluding hydrogens is 973 g/mol. The molecule has 1 unspecified atom stereocenters. The maximum Gasteiger partial charge on any atom is 0.460 e. The first kappa shape index (κ1) is 55.9. The van der Waals surface area contributed by atoms with Gasteiger partial charge in [0.05, 0.1) is 5.69 Å². The van der Waals surface area contributed by atoms with E-state index < -0.39 is 119 Å². The predicted molar refractivity (Wildman–Crippen MR) is 136 cm³/mol. The third-order valence-corrected chi connectivity index (χ3v) is 7.99. The second-order valence-electron chi connectivity index (χ2n) is 12.5. The van der Waals surface area contributed by atoms with Crippen molar-refractivity contribution in [1.29, 1.82) is 0 Å². The normalized spacial score (nSPS) is 16.2. The van der Waals surface area contributed by atoms with Crippen molar-refractivity contribution in [2.45, 2.75) is 115 Å². The van der Waals surface area contributed by atoms with Crippen LogP contribution in [0, 0.1) is 6.92 Å². The van der Waals surface area contributed by atoms with Crippen LogP contribution in [0.3, 0.4) is 0 Å². The van der Waals surface area contributed by atoms with Crippen LogP contribution in [0.5, 0.6) is 0 Å². The van der Waals surface area contributed by atoms with E-state index in [1.54, 1.807) is 0 Å². The van der Waals surface area contributed by atoms with Gasteiger partial charge in [-0.25, -0.2) is 4.79 Å². The van der Waals surface area contributed by atoms with Crippen LogP contribution >= 0.6 is 0 Å². The Balaban J connectivity index is 3.83. The van der Waals surface area contributed by atoms with Gasteiger partial charge in [0.25, 0.3) is 5.91 Å². The first-order valence-corrected chi connectivity index (χ1v) is 14.6. The van der Waals surface area contributed by atoms with E-state index in [0.717, 1.165) is 25.1 Å². The van der Waals surface area contributed by atoms with Crippen molar-refractivity contribution in [3.8, 4) is 0 Å². The molecule has 0 fully saturated rings. The fraction of sp³-hybridized carbons (Fsp3) is 0.704. The number of nitrogens with one attached hydrogen (secondary N) is 1. The van der Waals surface area contributed by atoms with Gasteiger partial charge < -0.3 is 5.32 Å². The molecule has 1 amide bonds. The van der Waals surface area contributed by atoms with Crippen LogP contribution in [0.4, 0.5) is 142 Å². The van der Waals surface area contributed by atoms with Gasteiger partial charge in [0.15, 0.2) is 0 Å². The SMILES string of the molecule is Cc1cc(N=C=O)cc(C(=O)NC(C)CC(F)(F)C(F)(F)C(F)(F)C(F)(F)C(F)(F)C(F)(F)C(F)(F)C(F)(F)C(F)(F)C(F)(F)C(F)(F)C(F)(F)C(F)(F)C(F)(F)C(F)(F)F)c1. The van der Waals surface area contributed by atoms with E-state index >= 15 is 0 Å². The zero-order valence-corrected chi connectivity index (χ0v) is 28.5. The molecule has 4 nitrogen and oxygen atoms in total.